The zero-order valence-electron chi connectivity index (χ0n) is 16.1. The fraction of sp³-hybridized carbons (Fsp3) is 0.333. The highest BCUT2D eigenvalue weighted by atomic mass is 19.1. The van der Waals surface area contributed by atoms with Crippen LogP contribution in [0.3, 0.4) is 0 Å². The van der Waals surface area contributed by atoms with Crippen LogP contribution in [0.15, 0.2) is 42.5 Å². The third-order valence-corrected chi connectivity index (χ3v) is 4.47. The first-order valence-corrected chi connectivity index (χ1v) is 9.23. The van der Waals surface area contributed by atoms with Gasteiger partial charge in [-0.15, -0.1) is 0 Å². The van der Waals surface area contributed by atoms with Crippen molar-refractivity contribution >= 4 is 11.8 Å². The maximum Gasteiger partial charge on any atom is 0.254 e. The summed E-state index contributed by atoms with van der Waals surface area (Å²) in [6.07, 6.45) is 0. The Hall–Kier alpha value is -2.80. The van der Waals surface area contributed by atoms with Gasteiger partial charge in [0, 0.05) is 19.2 Å². The van der Waals surface area contributed by atoms with Gasteiger partial charge in [-0.05, 0) is 36.3 Å². The Balaban J connectivity index is 1.88. The molecule has 0 spiro atoms. The van der Waals surface area contributed by atoms with Crippen LogP contribution in [0.4, 0.5) is 8.78 Å². The lowest BCUT2D eigenvalue weighted by Gasteiger charge is -2.20. The van der Waals surface area contributed by atoms with Crippen molar-refractivity contribution in [2.75, 3.05) is 19.6 Å². The summed E-state index contributed by atoms with van der Waals surface area (Å²) in [4.78, 5) is 26.3. The summed E-state index contributed by atoms with van der Waals surface area (Å²) in [5, 5.41) is 5.09. The second-order valence-corrected chi connectivity index (χ2v) is 6.31. The van der Waals surface area contributed by atoms with E-state index in [9.17, 15) is 18.4 Å². The summed E-state index contributed by atoms with van der Waals surface area (Å²) in [7, 11) is 0. The van der Waals surface area contributed by atoms with Crippen molar-refractivity contribution in [3.05, 3.63) is 70.8 Å². The largest absolute Gasteiger partial charge is 0.350 e. The average Bonchev–Trinajstić information content (AvgIpc) is 2.69. The van der Waals surface area contributed by atoms with Crippen LogP contribution in [0.25, 0.3) is 0 Å². The molecule has 2 aromatic carbocycles. The molecule has 0 heterocycles. The Labute approximate surface area is 163 Å². The fourth-order valence-electron chi connectivity index (χ4n) is 2.76. The molecule has 0 saturated heterocycles. The zero-order chi connectivity index (χ0) is 20.5. The summed E-state index contributed by atoms with van der Waals surface area (Å²) >= 11 is 0. The Morgan fingerprint density at radius 2 is 1.64 bits per heavy atom. The summed E-state index contributed by atoms with van der Waals surface area (Å²) in [6.45, 7) is 6.89. The van der Waals surface area contributed by atoms with Crippen molar-refractivity contribution in [1.29, 1.82) is 0 Å². The van der Waals surface area contributed by atoms with Gasteiger partial charge in [0.25, 0.3) is 5.91 Å². The number of nitrogens with zero attached hydrogens (tertiary/aromatic N) is 1. The molecule has 0 bridgehead atoms. The Kier molecular flexibility index (Phi) is 8.07. The van der Waals surface area contributed by atoms with Gasteiger partial charge in [-0.1, -0.05) is 38.1 Å². The van der Waals surface area contributed by atoms with Crippen molar-refractivity contribution in [2.45, 2.75) is 26.9 Å². The van der Waals surface area contributed by atoms with E-state index in [0.717, 1.165) is 42.9 Å². The minimum absolute atomic E-state index is 0.298. The van der Waals surface area contributed by atoms with Gasteiger partial charge in [-0.3, -0.25) is 14.5 Å². The van der Waals surface area contributed by atoms with Crippen molar-refractivity contribution in [1.82, 2.24) is 15.5 Å². The van der Waals surface area contributed by atoms with Crippen molar-refractivity contribution in [3.63, 3.8) is 0 Å². The summed E-state index contributed by atoms with van der Waals surface area (Å²) in [6, 6.07) is 10.5. The normalized spacial score (nSPS) is 10.8. The number of hydrogen-bond donors (Lipinski definition) is 2. The number of rotatable bonds is 9. The van der Waals surface area contributed by atoms with Gasteiger partial charge < -0.3 is 10.6 Å². The molecule has 2 aromatic rings. The first-order chi connectivity index (χ1) is 13.4. The second-order valence-electron chi connectivity index (χ2n) is 6.31. The van der Waals surface area contributed by atoms with Gasteiger partial charge in [0.05, 0.1) is 12.1 Å². The first kappa shape index (κ1) is 21.5. The SMILES string of the molecule is CCN(CC)Cc1ccccc1CNC(=O)CNC(=O)c1ccc(F)cc1F. The highest BCUT2D eigenvalue weighted by Gasteiger charge is 2.14. The Morgan fingerprint density at radius 1 is 0.964 bits per heavy atom. The highest BCUT2D eigenvalue weighted by molar-refractivity contribution is 5.96. The monoisotopic (exact) mass is 389 g/mol. The van der Waals surface area contributed by atoms with E-state index in [-0.39, 0.29) is 12.1 Å². The molecule has 28 heavy (non-hydrogen) atoms. The van der Waals surface area contributed by atoms with E-state index >= 15 is 0 Å². The summed E-state index contributed by atoms with van der Waals surface area (Å²) in [5.41, 5.74) is 1.82. The van der Waals surface area contributed by atoms with E-state index in [1.54, 1.807) is 0 Å². The number of carbonyl (C=O) groups is 2. The molecular weight excluding hydrogens is 364 g/mol. The highest BCUT2D eigenvalue weighted by Crippen LogP contribution is 2.12. The first-order valence-electron chi connectivity index (χ1n) is 9.23. The number of halogens is 2. The second kappa shape index (κ2) is 10.5. The van der Waals surface area contributed by atoms with E-state index in [1.807, 2.05) is 24.3 Å². The summed E-state index contributed by atoms with van der Waals surface area (Å²) in [5.74, 6) is -2.90. The van der Waals surface area contributed by atoms with Crippen molar-refractivity contribution < 1.29 is 18.4 Å². The number of benzene rings is 2. The number of hydrogen-bond acceptors (Lipinski definition) is 3. The molecule has 0 fully saturated rings. The molecule has 150 valence electrons. The van der Waals surface area contributed by atoms with Gasteiger partial charge in [-0.25, -0.2) is 8.78 Å². The van der Waals surface area contributed by atoms with E-state index in [1.165, 1.54) is 0 Å². The number of nitrogens with one attached hydrogen (secondary N) is 2. The van der Waals surface area contributed by atoms with E-state index in [2.05, 4.69) is 29.4 Å². The smallest absolute Gasteiger partial charge is 0.254 e. The molecule has 0 saturated carbocycles. The van der Waals surface area contributed by atoms with Gasteiger partial charge in [0.2, 0.25) is 5.91 Å². The fourth-order valence-corrected chi connectivity index (χ4v) is 2.76. The molecule has 2 amide bonds. The molecule has 0 unspecified atom stereocenters. The maximum atomic E-state index is 13.6. The lowest BCUT2D eigenvalue weighted by atomic mass is 10.1. The van der Waals surface area contributed by atoms with Crippen LogP contribution in [-0.4, -0.2) is 36.3 Å². The van der Waals surface area contributed by atoms with E-state index in [0.29, 0.717) is 12.6 Å². The number of amides is 2. The minimum atomic E-state index is -0.969. The van der Waals surface area contributed by atoms with E-state index in [4.69, 9.17) is 0 Å². The predicted molar refractivity (Wildman–Crippen MR) is 104 cm³/mol. The molecule has 7 heteroatoms. The standard InChI is InChI=1S/C21H25F2N3O2/c1-3-26(4-2)14-16-8-6-5-7-15(16)12-24-20(27)13-25-21(28)18-10-9-17(22)11-19(18)23/h5-11H,3-4,12-14H2,1-2H3,(H,24,27)(H,25,28). The van der Waals surface area contributed by atoms with Crippen LogP contribution in [0.5, 0.6) is 0 Å². The van der Waals surface area contributed by atoms with Crippen LogP contribution < -0.4 is 10.6 Å². The van der Waals surface area contributed by atoms with Crippen LogP contribution in [0, 0.1) is 11.6 Å². The third-order valence-electron chi connectivity index (χ3n) is 4.47. The molecule has 0 aliphatic rings. The minimum Gasteiger partial charge on any atom is -0.350 e. The lowest BCUT2D eigenvalue weighted by molar-refractivity contribution is -0.120. The molecule has 0 atom stereocenters. The number of carbonyl (C=O) groups excluding carboxylic acids is 2. The van der Waals surface area contributed by atoms with Crippen molar-refractivity contribution in [2.24, 2.45) is 0 Å². The lowest BCUT2D eigenvalue weighted by Crippen LogP contribution is -2.37. The topological polar surface area (TPSA) is 61.4 Å². The zero-order valence-corrected chi connectivity index (χ0v) is 16.1. The van der Waals surface area contributed by atoms with Gasteiger partial charge >= 0.3 is 0 Å². The Morgan fingerprint density at radius 3 is 2.29 bits per heavy atom. The molecule has 0 aliphatic carbocycles. The Bertz CT molecular complexity index is 823. The van der Waals surface area contributed by atoms with Gasteiger partial charge in [0.15, 0.2) is 0 Å². The maximum absolute atomic E-state index is 13.6. The van der Waals surface area contributed by atoms with Gasteiger partial charge in [0.1, 0.15) is 11.6 Å². The predicted octanol–water partition coefficient (Wildman–Crippen LogP) is 2.85. The molecular formula is C21H25F2N3O2. The van der Waals surface area contributed by atoms with Crippen LogP contribution in [0.1, 0.15) is 35.3 Å². The third kappa shape index (κ3) is 6.13. The average molecular weight is 389 g/mol. The molecule has 2 rings (SSSR count). The van der Waals surface area contributed by atoms with Crippen LogP contribution in [-0.2, 0) is 17.9 Å². The quantitative estimate of drug-likeness (QED) is 0.693. The molecule has 5 nitrogen and oxygen atoms in total. The van der Waals surface area contributed by atoms with Crippen molar-refractivity contribution in [3.8, 4) is 0 Å². The molecule has 2 N–H and O–H groups in total. The van der Waals surface area contributed by atoms with E-state index < -0.39 is 23.4 Å². The van der Waals surface area contributed by atoms with Gasteiger partial charge in [-0.2, -0.15) is 0 Å². The molecule has 0 aromatic heterocycles. The summed E-state index contributed by atoms with van der Waals surface area (Å²) < 4.78 is 26.5. The van der Waals surface area contributed by atoms with Crippen LogP contribution in [0.2, 0.25) is 0 Å². The van der Waals surface area contributed by atoms with Crippen LogP contribution >= 0.6 is 0 Å². The molecule has 0 radical (unpaired) electrons. The molecule has 0 aliphatic heterocycles.